The number of aromatic nitrogens is 5. The molecule has 0 aliphatic carbocycles. The molecule has 1 unspecified atom stereocenters. The molecule has 4 heterocycles. The van der Waals surface area contributed by atoms with Crippen LogP contribution in [0.15, 0.2) is 42.7 Å². The number of ether oxygens (including phenoxy) is 2. The fourth-order valence-electron chi connectivity index (χ4n) is 4.78. The Hall–Kier alpha value is -3.92. The highest BCUT2D eigenvalue weighted by atomic mass is 19.1. The van der Waals surface area contributed by atoms with Crippen LogP contribution < -0.4 is 9.30 Å². The van der Waals surface area contributed by atoms with E-state index in [9.17, 15) is 4.79 Å². The molecule has 0 bridgehead atoms. The number of carbonyl (C=O) groups excluding carboxylic acids is 1. The first-order chi connectivity index (χ1) is 18.0. The summed E-state index contributed by atoms with van der Waals surface area (Å²) in [5.41, 5.74) is 3.23. The van der Waals surface area contributed by atoms with Gasteiger partial charge in [0.2, 0.25) is 0 Å². The van der Waals surface area contributed by atoms with Crippen LogP contribution in [0.2, 0.25) is 0 Å². The molecule has 1 aromatic carbocycles. The van der Waals surface area contributed by atoms with Crippen molar-refractivity contribution in [3.05, 3.63) is 54.4 Å². The maximum atomic E-state index is 15.2. The number of esters is 1. The number of nitrogens with one attached hydrogen (secondary N) is 1. The average Bonchev–Trinajstić information content (AvgIpc) is 3.35. The number of halogens is 1. The molecule has 4 aromatic rings. The second-order valence-electron chi connectivity index (χ2n) is 9.17. The van der Waals surface area contributed by atoms with Gasteiger partial charge in [-0.3, -0.25) is 9.69 Å². The molecule has 1 atom stereocenters. The Bertz CT molecular complexity index is 1420. The Balaban J connectivity index is 1.30. The van der Waals surface area contributed by atoms with E-state index in [0.717, 1.165) is 30.5 Å². The van der Waals surface area contributed by atoms with Crippen molar-refractivity contribution in [3.8, 4) is 28.4 Å². The van der Waals surface area contributed by atoms with Crippen LogP contribution in [-0.2, 0) is 23.1 Å². The number of aryl methyl sites for hydroxylation is 1. The summed E-state index contributed by atoms with van der Waals surface area (Å²) in [5, 5.41) is 0. The summed E-state index contributed by atoms with van der Waals surface area (Å²) in [6, 6.07) is 8.69. The number of rotatable bonds is 7. The lowest BCUT2D eigenvalue weighted by molar-refractivity contribution is -0.652. The highest BCUT2D eigenvalue weighted by Crippen LogP contribution is 2.27. The molecule has 192 valence electrons. The third-order valence-corrected chi connectivity index (χ3v) is 6.72. The van der Waals surface area contributed by atoms with E-state index in [-0.39, 0.29) is 11.9 Å². The van der Waals surface area contributed by atoms with E-state index >= 15 is 4.39 Å². The number of carbonyl (C=O) groups is 1. The Labute approximate surface area is 214 Å². The molecular weight excluding hydrogens is 475 g/mol. The molecule has 3 aromatic heterocycles. The molecule has 9 nitrogen and oxygen atoms in total. The second-order valence-corrected chi connectivity index (χ2v) is 9.17. The van der Waals surface area contributed by atoms with Crippen LogP contribution >= 0.6 is 0 Å². The number of piperidine rings is 1. The van der Waals surface area contributed by atoms with Gasteiger partial charge in [-0.25, -0.2) is 14.4 Å². The van der Waals surface area contributed by atoms with Crippen LogP contribution in [0, 0.1) is 11.7 Å². The maximum Gasteiger partial charge on any atom is 0.352 e. The van der Waals surface area contributed by atoms with E-state index < -0.39 is 5.82 Å². The van der Waals surface area contributed by atoms with E-state index in [4.69, 9.17) is 9.47 Å². The maximum absolute atomic E-state index is 15.2. The van der Waals surface area contributed by atoms with E-state index in [2.05, 4.69) is 24.8 Å². The molecule has 0 radical (unpaired) electrons. The van der Waals surface area contributed by atoms with Gasteiger partial charge < -0.3 is 14.5 Å². The predicted octanol–water partition coefficient (Wildman–Crippen LogP) is 3.43. The van der Waals surface area contributed by atoms with Crippen LogP contribution in [0.3, 0.4) is 0 Å². The smallest absolute Gasteiger partial charge is 0.352 e. The average molecular weight is 506 g/mol. The topological polar surface area (TPSA) is 97.1 Å². The number of benzene rings is 1. The van der Waals surface area contributed by atoms with Crippen molar-refractivity contribution in [2.75, 3.05) is 26.8 Å². The summed E-state index contributed by atoms with van der Waals surface area (Å²) in [4.78, 5) is 31.0. The summed E-state index contributed by atoms with van der Waals surface area (Å²) >= 11 is 0. The minimum absolute atomic E-state index is 0.106. The summed E-state index contributed by atoms with van der Waals surface area (Å²) in [6.45, 7) is 4.30. The van der Waals surface area contributed by atoms with Gasteiger partial charge in [-0.05, 0) is 55.1 Å². The van der Waals surface area contributed by atoms with Gasteiger partial charge in [-0.1, -0.05) is 6.07 Å². The van der Waals surface area contributed by atoms with Gasteiger partial charge in [0.05, 0.1) is 38.8 Å². The first-order valence-corrected chi connectivity index (χ1v) is 12.4. The Morgan fingerprint density at radius 3 is 2.76 bits per heavy atom. The molecule has 1 aliphatic rings. The first kappa shape index (κ1) is 24.8. The van der Waals surface area contributed by atoms with Crippen molar-refractivity contribution < 1.29 is 23.2 Å². The quantitative estimate of drug-likeness (QED) is 0.304. The third kappa shape index (κ3) is 5.15. The zero-order chi connectivity index (χ0) is 25.9. The fraction of sp³-hybridized carbons (Fsp3) is 0.370. The highest BCUT2D eigenvalue weighted by molar-refractivity contribution is 5.75. The van der Waals surface area contributed by atoms with Crippen LogP contribution in [0.25, 0.3) is 33.7 Å². The van der Waals surface area contributed by atoms with Gasteiger partial charge in [-0.15, -0.1) is 0 Å². The monoisotopic (exact) mass is 505 g/mol. The Morgan fingerprint density at radius 1 is 1.22 bits per heavy atom. The normalized spacial score (nSPS) is 16.2. The number of H-pyrrole nitrogens is 1. The van der Waals surface area contributed by atoms with E-state index in [1.807, 2.05) is 32.2 Å². The molecule has 5 rings (SSSR count). The summed E-state index contributed by atoms with van der Waals surface area (Å²) in [7, 11) is 3.44. The molecular formula is C27H30FN6O3+. The standard InChI is InChI=1S/C27H29FN6O3/c1-4-37-27(35)18-6-5-11-34(15-18)16-23-29-13-19(14-30-23)17-7-8-20(21(28)12-17)25-31-22-9-10-24(36-3)33(2)26(22)32-25/h7-10,12-14,18H,4-6,11,15-16H2,1-3H3/p+1. The van der Waals surface area contributed by atoms with Crippen LogP contribution in [0.4, 0.5) is 4.39 Å². The van der Waals surface area contributed by atoms with Crippen LogP contribution in [-0.4, -0.2) is 57.6 Å². The SMILES string of the molecule is CCOC(=O)C1CCCN(Cc2ncc(-c3ccc(-c4nc5c(ccc(OC)[n+]5C)[nH]4)c(F)c3)cn2)C1. The number of methoxy groups -OCH3 is 1. The minimum Gasteiger partial charge on any atom is -0.466 e. The Kier molecular flexibility index (Phi) is 7.09. The molecule has 37 heavy (non-hydrogen) atoms. The predicted molar refractivity (Wildman–Crippen MR) is 135 cm³/mol. The number of aromatic amines is 1. The lowest BCUT2D eigenvalue weighted by Crippen LogP contribution is -2.39. The largest absolute Gasteiger partial charge is 0.466 e. The number of nitrogens with zero attached hydrogens (tertiary/aromatic N) is 5. The third-order valence-electron chi connectivity index (χ3n) is 6.72. The highest BCUT2D eigenvalue weighted by Gasteiger charge is 2.27. The first-order valence-electron chi connectivity index (χ1n) is 12.4. The zero-order valence-electron chi connectivity index (χ0n) is 21.2. The molecule has 0 spiro atoms. The van der Waals surface area contributed by atoms with Gasteiger partial charge in [0.25, 0.3) is 11.7 Å². The zero-order valence-corrected chi connectivity index (χ0v) is 21.2. The van der Waals surface area contributed by atoms with Crippen molar-refractivity contribution in [2.24, 2.45) is 13.0 Å². The van der Waals surface area contributed by atoms with Gasteiger partial charge in [-0.2, -0.15) is 4.57 Å². The van der Waals surface area contributed by atoms with E-state index in [1.54, 1.807) is 30.1 Å². The van der Waals surface area contributed by atoms with E-state index in [0.29, 0.717) is 54.0 Å². The lowest BCUT2D eigenvalue weighted by atomic mass is 9.98. The van der Waals surface area contributed by atoms with Crippen LogP contribution in [0.5, 0.6) is 5.88 Å². The number of imidazole rings is 1. The van der Waals surface area contributed by atoms with Crippen molar-refractivity contribution in [3.63, 3.8) is 0 Å². The number of hydrogen-bond acceptors (Lipinski definition) is 7. The van der Waals surface area contributed by atoms with Gasteiger partial charge in [0.1, 0.15) is 17.2 Å². The summed E-state index contributed by atoms with van der Waals surface area (Å²) in [5.74, 6) is 1.13. The second kappa shape index (κ2) is 10.6. The van der Waals surface area contributed by atoms with Gasteiger partial charge >= 0.3 is 11.6 Å². The summed E-state index contributed by atoms with van der Waals surface area (Å²) in [6.07, 6.45) is 5.19. The van der Waals surface area contributed by atoms with Crippen LogP contribution in [0.1, 0.15) is 25.6 Å². The number of likely N-dealkylation sites (tertiary alicyclic amines) is 1. The summed E-state index contributed by atoms with van der Waals surface area (Å²) < 4.78 is 27.5. The number of pyridine rings is 1. The van der Waals surface area contributed by atoms with Gasteiger partial charge in [0, 0.05) is 30.6 Å². The van der Waals surface area contributed by atoms with Gasteiger partial charge in [0.15, 0.2) is 0 Å². The molecule has 1 aliphatic heterocycles. The fourth-order valence-corrected chi connectivity index (χ4v) is 4.78. The minimum atomic E-state index is -0.395. The van der Waals surface area contributed by atoms with Crippen molar-refractivity contribution in [1.29, 1.82) is 0 Å². The molecule has 10 heteroatoms. The van der Waals surface area contributed by atoms with E-state index in [1.165, 1.54) is 6.07 Å². The molecule has 1 fully saturated rings. The Morgan fingerprint density at radius 2 is 2.03 bits per heavy atom. The van der Waals surface area contributed by atoms with Crippen molar-refractivity contribution in [2.45, 2.75) is 26.3 Å². The van der Waals surface area contributed by atoms with Crippen molar-refractivity contribution in [1.82, 2.24) is 24.8 Å². The number of fused-ring (bicyclic) bond motifs is 1. The van der Waals surface area contributed by atoms with Crippen molar-refractivity contribution >= 4 is 17.1 Å². The molecule has 1 N–H and O–H groups in total. The molecule has 1 saturated heterocycles. The molecule has 0 amide bonds. The lowest BCUT2D eigenvalue weighted by Gasteiger charge is -2.30. The molecule has 0 saturated carbocycles. The number of hydrogen-bond donors (Lipinski definition) is 1.